The number of aromatic nitrogens is 2. The van der Waals surface area contributed by atoms with Crippen LogP contribution in [0.1, 0.15) is 35.8 Å². The molecule has 2 atom stereocenters. The number of aryl methyl sites for hydroxylation is 1. The molecule has 10 heteroatoms. The first-order valence-electron chi connectivity index (χ1n) is 13.7. The summed E-state index contributed by atoms with van der Waals surface area (Å²) >= 11 is 0. The van der Waals surface area contributed by atoms with Crippen molar-refractivity contribution in [3.05, 3.63) is 77.7 Å². The number of carbonyl (C=O) groups excluding carboxylic acids is 3. The van der Waals surface area contributed by atoms with Gasteiger partial charge in [0.05, 0.1) is 17.7 Å². The fraction of sp³-hybridized carbons (Fsp3) is 0.290. The number of rotatable bonds is 6. The molecule has 210 valence electrons. The van der Waals surface area contributed by atoms with E-state index in [9.17, 15) is 18.8 Å². The van der Waals surface area contributed by atoms with Gasteiger partial charge in [0, 0.05) is 36.5 Å². The van der Waals surface area contributed by atoms with Gasteiger partial charge in [-0.25, -0.2) is 8.78 Å². The molecule has 0 aliphatic carbocycles. The summed E-state index contributed by atoms with van der Waals surface area (Å²) in [5.41, 5.74) is 3.92. The largest absolute Gasteiger partial charge is 0.385 e. The fourth-order valence-corrected chi connectivity index (χ4v) is 5.73. The monoisotopic (exact) mass is 557 g/mol. The Morgan fingerprint density at radius 3 is 2.76 bits per heavy atom. The zero-order valence-electron chi connectivity index (χ0n) is 22.5. The highest BCUT2D eigenvalue weighted by atomic mass is 19.1. The predicted molar refractivity (Wildman–Crippen MR) is 152 cm³/mol. The van der Waals surface area contributed by atoms with Gasteiger partial charge >= 0.3 is 0 Å². The summed E-state index contributed by atoms with van der Waals surface area (Å²) < 4.78 is 31.6. The Morgan fingerprint density at radius 2 is 1.93 bits per heavy atom. The molecule has 2 aliphatic rings. The van der Waals surface area contributed by atoms with Crippen molar-refractivity contribution in [2.75, 3.05) is 23.7 Å². The van der Waals surface area contributed by atoms with Crippen molar-refractivity contribution < 1.29 is 23.2 Å². The fourth-order valence-electron chi connectivity index (χ4n) is 5.73. The number of carbonyl (C=O) groups is 3. The number of anilines is 2. The van der Waals surface area contributed by atoms with Gasteiger partial charge in [0.2, 0.25) is 11.8 Å². The van der Waals surface area contributed by atoms with E-state index in [2.05, 4.69) is 15.7 Å². The summed E-state index contributed by atoms with van der Waals surface area (Å²) in [5, 5.41) is 10.8. The van der Waals surface area contributed by atoms with Gasteiger partial charge < -0.3 is 15.5 Å². The number of para-hydroxylation sites is 1. The first-order valence-corrected chi connectivity index (χ1v) is 13.7. The minimum Gasteiger partial charge on any atom is -0.385 e. The van der Waals surface area contributed by atoms with Crippen LogP contribution in [-0.2, 0) is 22.6 Å². The van der Waals surface area contributed by atoms with Gasteiger partial charge in [0.25, 0.3) is 0 Å². The van der Waals surface area contributed by atoms with Crippen molar-refractivity contribution >= 4 is 39.9 Å². The SMILES string of the molecule is CC(=O)c1nn(CC(=O)N2C[C@H](F)C[C@H]2C(=O)Nc2cccc(-c3ccc4c(c3)NCCC4)c2F)c2ccccc12. The molecule has 0 radical (unpaired) electrons. The van der Waals surface area contributed by atoms with E-state index < -0.39 is 29.8 Å². The van der Waals surface area contributed by atoms with E-state index in [1.54, 1.807) is 36.4 Å². The second-order valence-electron chi connectivity index (χ2n) is 10.5. The highest BCUT2D eigenvalue weighted by Crippen LogP contribution is 2.33. The molecule has 8 nitrogen and oxygen atoms in total. The molecule has 2 N–H and O–H groups in total. The minimum atomic E-state index is -1.41. The van der Waals surface area contributed by atoms with Crippen LogP contribution in [0.2, 0.25) is 0 Å². The Morgan fingerprint density at radius 1 is 1.10 bits per heavy atom. The molecule has 3 heterocycles. The number of fused-ring (bicyclic) bond motifs is 2. The summed E-state index contributed by atoms with van der Waals surface area (Å²) in [7, 11) is 0. The van der Waals surface area contributed by atoms with Crippen LogP contribution in [0.15, 0.2) is 60.7 Å². The second kappa shape index (κ2) is 10.8. The van der Waals surface area contributed by atoms with Crippen LogP contribution < -0.4 is 10.6 Å². The third kappa shape index (κ3) is 5.05. The summed E-state index contributed by atoms with van der Waals surface area (Å²) in [6, 6.07) is 16.4. The number of nitrogens with one attached hydrogen (secondary N) is 2. The summed E-state index contributed by atoms with van der Waals surface area (Å²) in [6.45, 7) is 1.71. The number of Topliss-reactive ketones (excluding diaryl/α,β-unsaturated/α-hetero) is 1. The van der Waals surface area contributed by atoms with Crippen molar-refractivity contribution in [3.8, 4) is 11.1 Å². The van der Waals surface area contributed by atoms with Gasteiger partial charge in [-0.2, -0.15) is 5.10 Å². The van der Waals surface area contributed by atoms with E-state index in [0.717, 1.165) is 25.1 Å². The number of hydrogen-bond acceptors (Lipinski definition) is 5. The molecule has 4 aromatic rings. The number of amides is 2. The van der Waals surface area contributed by atoms with Crippen LogP contribution in [-0.4, -0.2) is 57.6 Å². The quantitative estimate of drug-likeness (QED) is 0.326. The average Bonchev–Trinajstić information content (AvgIpc) is 3.55. The zero-order valence-corrected chi connectivity index (χ0v) is 22.5. The van der Waals surface area contributed by atoms with Crippen molar-refractivity contribution in [2.24, 2.45) is 0 Å². The number of alkyl halides is 1. The Kier molecular flexibility index (Phi) is 6.98. The summed E-state index contributed by atoms with van der Waals surface area (Å²) in [4.78, 5) is 39.9. The highest BCUT2D eigenvalue weighted by molar-refractivity contribution is 6.05. The molecule has 3 aromatic carbocycles. The molecule has 2 amide bonds. The Balaban J connectivity index is 1.22. The maximum Gasteiger partial charge on any atom is 0.247 e. The molecule has 1 saturated heterocycles. The van der Waals surface area contributed by atoms with E-state index >= 15 is 4.39 Å². The van der Waals surface area contributed by atoms with E-state index in [0.29, 0.717) is 22.0 Å². The van der Waals surface area contributed by atoms with Crippen molar-refractivity contribution in [3.63, 3.8) is 0 Å². The number of benzene rings is 3. The third-order valence-electron chi connectivity index (χ3n) is 7.77. The van der Waals surface area contributed by atoms with Crippen molar-refractivity contribution in [1.82, 2.24) is 14.7 Å². The van der Waals surface area contributed by atoms with Crippen LogP contribution in [0.5, 0.6) is 0 Å². The number of ketones is 1. The van der Waals surface area contributed by atoms with Gasteiger partial charge in [0.1, 0.15) is 24.5 Å². The standard InChI is InChI=1S/C31H29F2N5O3/c1-18(39)30-23-7-2-3-10-26(23)38(36-30)17-28(40)37-16-21(32)15-27(37)31(41)35-24-9-4-8-22(29(24)33)20-12-11-19-6-5-13-34-25(19)14-20/h2-4,7-12,14,21,27,34H,5-6,13,15-17H2,1H3,(H,35,41)/t21-,27+/m1/s1. The number of nitrogens with zero attached hydrogens (tertiary/aromatic N) is 3. The molecule has 0 unspecified atom stereocenters. The molecule has 0 saturated carbocycles. The number of likely N-dealkylation sites (tertiary alicyclic amines) is 1. The molecule has 1 fully saturated rings. The second-order valence-corrected chi connectivity index (χ2v) is 10.5. The smallest absolute Gasteiger partial charge is 0.247 e. The van der Waals surface area contributed by atoms with Crippen molar-refractivity contribution in [1.29, 1.82) is 0 Å². The molecular formula is C31H29F2N5O3. The molecule has 2 aliphatic heterocycles. The lowest BCUT2D eigenvalue weighted by atomic mass is 9.97. The van der Waals surface area contributed by atoms with Gasteiger partial charge in [-0.15, -0.1) is 0 Å². The first kappa shape index (κ1) is 26.6. The normalized spacial score (nSPS) is 18.2. The van der Waals surface area contributed by atoms with Gasteiger partial charge in [0.15, 0.2) is 11.6 Å². The Labute approximate surface area is 235 Å². The minimum absolute atomic E-state index is 0.0444. The molecule has 6 rings (SSSR count). The molecule has 1 aromatic heterocycles. The van der Waals surface area contributed by atoms with E-state index in [4.69, 9.17) is 0 Å². The maximum absolute atomic E-state index is 15.6. The number of halogens is 2. The average molecular weight is 558 g/mol. The van der Waals surface area contributed by atoms with Gasteiger partial charge in [-0.1, -0.05) is 42.5 Å². The third-order valence-corrected chi connectivity index (χ3v) is 7.77. The summed E-state index contributed by atoms with van der Waals surface area (Å²) in [6.07, 6.45) is 0.396. The Bertz CT molecular complexity index is 1680. The molecule has 41 heavy (non-hydrogen) atoms. The van der Waals surface area contributed by atoms with Crippen LogP contribution in [0.4, 0.5) is 20.2 Å². The highest BCUT2D eigenvalue weighted by Gasteiger charge is 2.40. The molecular weight excluding hydrogens is 528 g/mol. The van der Waals surface area contributed by atoms with Gasteiger partial charge in [-0.3, -0.25) is 19.1 Å². The Hall–Kier alpha value is -4.60. The molecule has 0 spiro atoms. The lowest BCUT2D eigenvalue weighted by Crippen LogP contribution is -2.44. The maximum atomic E-state index is 15.6. The number of hydrogen-bond donors (Lipinski definition) is 2. The van der Waals surface area contributed by atoms with Crippen molar-refractivity contribution in [2.45, 2.75) is 44.9 Å². The van der Waals surface area contributed by atoms with Crippen LogP contribution in [0, 0.1) is 5.82 Å². The van der Waals surface area contributed by atoms with E-state index in [1.807, 2.05) is 18.2 Å². The van der Waals surface area contributed by atoms with Crippen LogP contribution in [0.3, 0.4) is 0 Å². The summed E-state index contributed by atoms with van der Waals surface area (Å²) in [5.74, 6) is -2.05. The van der Waals surface area contributed by atoms with Crippen LogP contribution in [0.25, 0.3) is 22.0 Å². The van der Waals surface area contributed by atoms with Gasteiger partial charge in [-0.05, 0) is 42.2 Å². The first-order chi connectivity index (χ1) is 19.8. The lowest BCUT2D eigenvalue weighted by molar-refractivity contribution is -0.137. The van der Waals surface area contributed by atoms with Crippen LogP contribution >= 0.6 is 0 Å². The zero-order chi connectivity index (χ0) is 28.7. The predicted octanol–water partition coefficient (Wildman–Crippen LogP) is 4.98. The molecule has 0 bridgehead atoms. The topological polar surface area (TPSA) is 96.3 Å². The lowest BCUT2D eigenvalue weighted by Gasteiger charge is -2.24. The van der Waals surface area contributed by atoms with E-state index in [1.165, 1.54) is 28.1 Å². The van der Waals surface area contributed by atoms with E-state index in [-0.39, 0.29) is 36.7 Å².